The van der Waals surface area contributed by atoms with Crippen LogP contribution < -0.4 is 10.5 Å². The third-order valence-corrected chi connectivity index (χ3v) is 5.42. The Morgan fingerprint density at radius 3 is 2.72 bits per heavy atom. The molecular weight excluding hydrogens is 323 g/mol. The van der Waals surface area contributed by atoms with Gasteiger partial charge in [-0.3, -0.25) is 0 Å². The summed E-state index contributed by atoms with van der Waals surface area (Å²) in [5.41, 5.74) is 5.55. The summed E-state index contributed by atoms with van der Waals surface area (Å²) in [5, 5.41) is 0. The number of sulfonamides is 1. The van der Waals surface area contributed by atoms with Crippen molar-refractivity contribution in [2.24, 2.45) is 11.7 Å². The lowest BCUT2D eigenvalue weighted by Crippen LogP contribution is -2.41. The third kappa shape index (κ3) is 3.09. The van der Waals surface area contributed by atoms with Gasteiger partial charge in [0.25, 0.3) is 0 Å². The molecule has 1 fully saturated rings. The highest BCUT2D eigenvalue weighted by molar-refractivity contribution is 9.10. The average Bonchev–Trinajstić information content (AvgIpc) is 3.13. The number of hydrogen-bond acceptors (Lipinski definition) is 3. The first-order chi connectivity index (χ1) is 8.44. The molecule has 1 saturated carbocycles. The second-order valence-electron chi connectivity index (χ2n) is 4.38. The Hall–Kier alpha value is -0.500. The Kier molecular flexibility index (Phi) is 4.05. The van der Waals surface area contributed by atoms with E-state index in [1.807, 2.05) is 0 Å². The molecule has 1 aromatic carbocycles. The van der Waals surface area contributed by atoms with Gasteiger partial charge in [0.05, 0.1) is 4.90 Å². The smallest absolute Gasteiger partial charge is 0.242 e. The Labute approximate surface area is 114 Å². The molecule has 100 valence electrons. The molecule has 0 saturated heterocycles. The van der Waals surface area contributed by atoms with Gasteiger partial charge in [0, 0.05) is 17.1 Å². The maximum Gasteiger partial charge on any atom is 0.242 e. The van der Waals surface area contributed by atoms with Gasteiger partial charge >= 0.3 is 0 Å². The third-order valence-electron chi connectivity index (χ3n) is 2.93. The first-order valence-corrected chi connectivity index (χ1v) is 7.89. The van der Waals surface area contributed by atoms with Gasteiger partial charge in [0.2, 0.25) is 10.0 Å². The molecule has 1 unspecified atom stereocenters. The van der Waals surface area contributed by atoms with E-state index in [-0.39, 0.29) is 17.5 Å². The second-order valence-corrected chi connectivity index (χ2v) is 6.91. The van der Waals surface area contributed by atoms with Crippen LogP contribution in [0.15, 0.2) is 27.6 Å². The summed E-state index contributed by atoms with van der Waals surface area (Å²) in [6.07, 6.45) is 1.96. The van der Waals surface area contributed by atoms with Crippen LogP contribution in [0.5, 0.6) is 0 Å². The summed E-state index contributed by atoms with van der Waals surface area (Å²) in [6, 6.07) is 3.29. The molecule has 4 nitrogen and oxygen atoms in total. The number of benzene rings is 1. The predicted molar refractivity (Wildman–Crippen MR) is 70.0 cm³/mol. The minimum atomic E-state index is -3.75. The number of rotatable bonds is 5. The van der Waals surface area contributed by atoms with Gasteiger partial charge in [0.15, 0.2) is 0 Å². The van der Waals surface area contributed by atoms with Gasteiger partial charge in [-0.1, -0.05) is 0 Å². The molecule has 1 aliphatic carbocycles. The fourth-order valence-electron chi connectivity index (χ4n) is 1.78. The van der Waals surface area contributed by atoms with Crippen LogP contribution in [0.2, 0.25) is 0 Å². The number of halogens is 2. The van der Waals surface area contributed by atoms with E-state index in [0.29, 0.717) is 10.4 Å². The van der Waals surface area contributed by atoms with E-state index < -0.39 is 15.8 Å². The molecule has 7 heteroatoms. The molecule has 0 spiro atoms. The molecule has 3 N–H and O–H groups in total. The zero-order chi connectivity index (χ0) is 13.3. The van der Waals surface area contributed by atoms with Gasteiger partial charge in [-0.25, -0.2) is 17.5 Å². The largest absolute Gasteiger partial charge is 0.329 e. The van der Waals surface area contributed by atoms with E-state index in [1.54, 1.807) is 0 Å². The standard InChI is InChI=1S/C11H14BrFN2O2S/c12-9-4-3-8(13)5-11(9)18(16,17)15-10(6-14)7-1-2-7/h3-5,7,10,15H,1-2,6,14H2. The maximum atomic E-state index is 13.1. The molecule has 0 radical (unpaired) electrons. The zero-order valence-electron chi connectivity index (χ0n) is 9.57. The quantitative estimate of drug-likeness (QED) is 0.857. The van der Waals surface area contributed by atoms with Gasteiger partial charge in [-0.2, -0.15) is 0 Å². The summed E-state index contributed by atoms with van der Waals surface area (Å²) in [6.45, 7) is 0.247. The molecule has 2 rings (SSSR count). The molecule has 18 heavy (non-hydrogen) atoms. The van der Waals surface area contributed by atoms with Crippen LogP contribution in [0.1, 0.15) is 12.8 Å². The minimum absolute atomic E-state index is 0.0957. The Bertz CT molecular complexity index is 546. The fraction of sp³-hybridized carbons (Fsp3) is 0.455. The van der Waals surface area contributed by atoms with Crippen LogP contribution in [-0.2, 0) is 10.0 Å². The fourth-order valence-corrected chi connectivity index (χ4v) is 4.07. The Balaban J connectivity index is 2.26. The lowest BCUT2D eigenvalue weighted by molar-refractivity contribution is 0.518. The molecular formula is C11H14BrFN2O2S. The highest BCUT2D eigenvalue weighted by atomic mass is 79.9. The van der Waals surface area contributed by atoms with Crippen molar-refractivity contribution in [3.05, 3.63) is 28.5 Å². The van der Waals surface area contributed by atoms with E-state index in [1.165, 1.54) is 12.1 Å². The zero-order valence-corrected chi connectivity index (χ0v) is 12.0. The highest BCUT2D eigenvalue weighted by Gasteiger charge is 2.33. The van der Waals surface area contributed by atoms with Crippen molar-refractivity contribution >= 4 is 26.0 Å². The van der Waals surface area contributed by atoms with Gasteiger partial charge in [-0.15, -0.1) is 0 Å². The summed E-state index contributed by atoms with van der Waals surface area (Å²) in [5.74, 6) is -0.286. The van der Waals surface area contributed by atoms with E-state index in [0.717, 1.165) is 18.9 Å². The van der Waals surface area contributed by atoms with E-state index in [4.69, 9.17) is 5.73 Å². The van der Waals surface area contributed by atoms with Crippen molar-refractivity contribution in [3.8, 4) is 0 Å². The molecule has 1 aliphatic rings. The van der Waals surface area contributed by atoms with E-state index >= 15 is 0 Å². The second kappa shape index (κ2) is 5.24. The number of nitrogens with one attached hydrogen (secondary N) is 1. The number of hydrogen-bond donors (Lipinski definition) is 2. The first kappa shape index (κ1) is 13.9. The molecule has 0 aliphatic heterocycles. The average molecular weight is 337 g/mol. The summed E-state index contributed by atoms with van der Waals surface area (Å²) < 4.78 is 40.3. The predicted octanol–water partition coefficient (Wildman–Crippen LogP) is 1.60. The lowest BCUT2D eigenvalue weighted by Gasteiger charge is -2.16. The molecule has 0 bridgehead atoms. The van der Waals surface area contributed by atoms with Crippen LogP contribution in [0, 0.1) is 11.7 Å². The van der Waals surface area contributed by atoms with Gasteiger partial charge in [-0.05, 0) is 52.9 Å². The van der Waals surface area contributed by atoms with Crippen LogP contribution in [0.25, 0.3) is 0 Å². The molecule has 1 aromatic rings. The number of nitrogens with two attached hydrogens (primary N) is 1. The van der Waals surface area contributed by atoms with Crippen LogP contribution in [0.3, 0.4) is 0 Å². The molecule has 0 amide bonds. The molecule has 0 aromatic heterocycles. The van der Waals surface area contributed by atoms with Crippen molar-refractivity contribution < 1.29 is 12.8 Å². The Morgan fingerprint density at radius 2 is 2.17 bits per heavy atom. The monoisotopic (exact) mass is 336 g/mol. The van der Waals surface area contributed by atoms with Crippen molar-refractivity contribution in [2.75, 3.05) is 6.54 Å². The normalized spacial score (nSPS) is 17.7. The molecule has 0 heterocycles. The molecule has 1 atom stereocenters. The highest BCUT2D eigenvalue weighted by Crippen LogP contribution is 2.33. The first-order valence-electron chi connectivity index (χ1n) is 5.61. The van der Waals surface area contributed by atoms with Crippen molar-refractivity contribution in [2.45, 2.75) is 23.8 Å². The van der Waals surface area contributed by atoms with Crippen LogP contribution in [-0.4, -0.2) is 21.0 Å². The van der Waals surface area contributed by atoms with E-state index in [2.05, 4.69) is 20.7 Å². The summed E-state index contributed by atoms with van der Waals surface area (Å²) >= 11 is 3.11. The van der Waals surface area contributed by atoms with Gasteiger partial charge in [0.1, 0.15) is 5.82 Å². The topological polar surface area (TPSA) is 72.2 Å². The van der Waals surface area contributed by atoms with Crippen molar-refractivity contribution in [1.82, 2.24) is 4.72 Å². The van der Waals surface area contributed by atoms with Crippen LogP contribution >= 0.6 is 15.9 Å². The van der Waals surface area contributed by atoms with Crippen LogP contribution in [0.4, 0.5) is 4.39 Å². The summed E-state index contributed by atoms with van der Waals surface area (Å²) in [7, 11) is -3.75. The minimum Gasteiger partial charge on any atom is -0.329 e. The lowest BCUT2D eigenvalue weighted by atomic mass is 10.2. The van der Waals surface area contributed by atoms with Gasteiger partial charge < -0.3 is 5.73 Å². The van der Waals surface area contributed by atoms with Crippen molar-refractivity contribution in [1.29, 1.82) is 0 Å². The van der Waals surface area contributed by atoms with E-state index in [9.17, 15) is 12.8 Å². The summed E-state index contributed by atoms with van der Waals surface area (Å²) in [4.78, 5) is -0.0957. The maximum absolute atomic E-state index is 13.1. The SMILES string of the molecule is NCC(NS(=O)(=O)c1cc(F)ccc1Br)C1CC1. The van der Waals surface area contributed by atoms with Crippen molar-refractivity contribution in [3.63, 3.8) is 0 Å². The Morgan fingerprint density at radius 1 is 1.50 bits per heavy atom.